The van der Waals surface area contributed by atoms with Crippen molar-refractivity contribution in [2.45, 2.75) is 38.6 Å². The average Bonchev–Trinajstić information content (AvgIpc) is 3.37. The lowest BCUT2D eigenvalue weighted by atomic mass is 10.0. The molecule has 10 nitrogen and oxygen atoms in total. The van der Waals surface area contributed by atoms with Crippen LogP contribution < -0.4 is 20.1 Å². The Hall–Kier alpha value is -4.34. The highest BCUT2D eigenvalue weighted by Crippen LogP contribution is 2.32. The molecule has 0 saturated heterocycles. The first-order valence-corrected chi connectivity index (χ1v) is 11.3. The van der Waals surface area contributed by atoms with Crippen LogP contribution in [-0.4, -0.2) is 47.1 Å². The number of ether oxygens (including phenoxy) is 2. The third kappa shape index (κ3) is 7.59. The quantitative estimate of drug-likeness (QED) is 0.342. The van der Waals surface area contributed by atoms with Crippen LogP contribution in [0, 0.1) is 0 Å². The van der Waals surface area contributed by atoms with E-state index in [1.165, 1.54) is 13.5 Å². The molecule has 2 amide bonds. The van der Waals surface area contributed by atoms with Crippen LogP contribution in [0.25, 0.3) is 11.3 Å². The van der Waals surface area contributed by atoms with Gasteiger partial charge in [-0.1, -0.05) is 12.1 Å². The summed E-state index contributed by atoms with van der Waals surface area (Å²) >= 11 is 0. The van der Waals surface area contributed by atoms with Gasteiger partial charge in [-0.3, -0.25) is 14.4 Å². The minimum absolute atomic E-state index is 0.0446. The summed E-state index contributed by atoms with van der Waals surface area (Å²) in [5, 5.41) is 14.1. The minimum Gasteiger partial charge on any atom is -0.496 e. The van der Waals surface area contributed by atoms with Gasteiger partial charge >= 0.3 is 17.8 Å². The molecule has 3 N–H and O–H groups in total. The van der Waals surface area contributed by atoms with E-state index < -0.39 is 23.3 Å². The molecule has 1 heterocycles. The van der Waals surface area contributed by atoms with Gasteiger partial charge < -0.3 is 29.6 Å². The molecule has 0 spiro atoms. The Kier molecular flexibility index (Phi) is 8.66. The van der Waals surface area contributed by atoms with Gasteiger partial charge in [0.2, 0.25) is 0 Å². The molecule has 36 heavy (non-hydrogen) atoms. The van der Waals surface area contributed by atoms with Crippen molar-refractivity contribution in [3.63, 3.8) is 0 Å². The summed E-state index contributed by atoms with van der Waals surface area (Å²) in [7, 11) is 1.49. The lowest BCUT2D eigenvalue weighted by Crippen LogP contribution is -2.48. The molecule has 0 bridgehead atoms. The molecule has 10 heteroatoms. The van der Waals surface area contributed by atoms with E-state index in [1.807, 2.05) is 6.07 Å². The van der Waals surface area contributed by atoms with Crippen molar-refractivity contribution in [1.29, 1.82) is 0 Å². The molecule has 0 aliphatic heterocycles. The Balaban J connectivity index is 1.51. The monoisotopic (exact) mass is 495 g/mol. The molecule has 0 aliphatic rings. The number of carbonyl (C=O) groups is 3. The number of aryl methyl sites for hydroxylation is 1. The third-order valence-electron chi connectivity index (χ3n) is 5.34. The van der Waals surface area contributed by atoms with Crippen LogP contribution in [0.4, 0.5) is 5.69 Å². The Morgan fingerprint density at radius 2 is 1.92 bits per heavy atom. The fourth-order valence-corrected chi connectivity index (χ4v) is 3.40. The van der Waals surface area contributed by atoms with Crippen LogP contribution in [0.2, 0.25) is 0 Å². The molecule has 3 aromatic rings. The normalized spacial score (nSPS) is 11.0. The van der Waals surface area contributed by atoms with Crippen molar-refractivity contribution >= 4 is 23.5 Å². The van der Waals surface area contributed by atoms with Gasteiger partial charge in [-0.05, 0) is 50.1 Å². The highest BCUT2D eigenvalue weighted by Gasteiger charge is 2.25. The molecule has 0 unspecified atom stereocenters. The number of nitrogens with zero attached hydrogens (tertiary/aromatic N) is 1. The minimum atomic E-state index is -0.856. The van der Waals surface area contributed by atoms with Crippen LogP contribution in [0.1, 0.15) is 32.3 Å². The molecular formula is C26H29N3O7. The average molecular weight is 496 g/mol. The molecule has 0 fully saturated rings. The van der Waals surface area contributed by atoms with Crippen LogP contribution in [0.5, 0.6) is 11.5 Å². The van der Waals surface area contributed by atoms with Gasteiger partial charge in [0.15, 0.2) is 12.2 Å². The van der Waals surface area contributed by atoms with Crippen molar-refractivity contribution in [2.24, 2.45) is 0 Å². The second-order valence-electron chi connectivity index (χ2n) is 8.71. The van der Waals surface area contributed by atoms with E-state index >= 15 is 0 Å². The Morgan fingerprint density at radius 3 is 2.61 bits per heavy atom. The zero-order chi connectivity index (χ0) is 26.1. The fraction of sp³-hybridized carbons (Fsp3) is 0.308. The van der Waals surface area contributed by atoms with Crippen LogP contribution in [0.15, 0.2) is 59.5 Å². The van der Waals surface area contributed by atoms with Gasteiger partial charge in [-0.25, -0.2) is 4.98 Å². The number of aromatic nitrogens is 1. The van der Waals surface area contributed by atoms with E-state index in [9.17, 15) is 14.4 Å². The van der Waals surface area contributed by atoms with E-state index in [4.69, 9.17) is 19.0 Å². The van der Waals surface area contributed by atoms with Crippen LogP contribution >= 0.6 is 0 Å². The van der Waals surface area contributed by atoms with Gasteiger partial charge in [0, 0.05) is 30.1 Å². The van der Waals surface area contributed by atoms with Crippen LogP contribution in [0.3, 0.4) is 0 Å². The number of amides is 2. The first-order valence-electron chi connectivity index (χ1n) is 11.3. The predicted octanol–water partition coefficient (Wildman–Crippen LogP) is 3.67. The van der Waals surface area contributed by atoms with Crippen LogP contribution in [-0.2, 0) is 20.8 Å². The Morgan fingerprint density at radius 1 is 1.11 bits per heavy atom. The SMILES string of the molecule is COc1cc(NC(=O)C(=O)NC(C)(C)CCOc2cccc(CCC(=O)O)c2)ccc1-c1cnco1. The lowest BCUT2D eigenvalue weighted by molar-refractivity contribution is -0.137. The molecule has 0 saturated carbocycles. The Bertz CT molecular complexity index is 1210. The molecule has 190 valence electrons. The topological polar surface area (TPSA) is 140 Å². The van der Waals surface area contributed by atoms with Crippen molar-refractivity contribution in [1.82, 2.24) is 10.3 Å². The van der Waals surface area contributed by atoms with Gasteiger partial charge in [-0.2, -0.15) is 0 Å². The highest BCUT2D eigenvalue weighted by molar-refractivity contribution is 6.39. The maximum absolute atomic E-state index is 12.5. The zero-order valence-electron chi connectivity index (χ0n) is 20.4. The lowest BCUT2D eigenvalue weighted by Gasteiger charge is -2.26. The molecule has 3 rings (SSSR count). The number of anilines is 1. The Labute approximate surface area is 208 Å². The van der Waals surface area contributed by atoms with E-state index in [1.54, 1.807) is 56.4 Å². The standard InChI is InChI=1S/C26H29N3O7/c1-26(2,11-12-35-19-6-4-5-17(13-19)7-10-23(30)31)29-25(33)24(32)28-18-8-9-20(21(14-18)34-3)22-15-27-16-36-22/h4-6,8-9,13-16H,7,10-12H2,1-3H3,(H,28,32)(H,29,33)(H,30,31). The van der Waals surface area contributed by atoms with Gasteiger partial charge in [0.25, 0.3) is 0 Å². The van der Waals surface area contributed by atoms with E-state index in [0.29, 0.717) is 41.4 Å². The highest BCUT2D eigenvalue weighted by atomic mass is 16.5. The number of nitrogens with one attached hydrogen (secondary N) is 2. The number of carboxylic acids is 1. The smallest absolute Gasteiger partial charge is 0.313 e. The summed E-state index contributed by atoms with van der Waals surface area (Å²) in [6, 6.07) is 12.1. The van der Waals surface area contributed by atoms with Crippen molar-refractivity contribution in [2.75, 3.05) is 19.0 Å². The molecule has 0 atom stereocenters. The number of rotatable bonds is 11. The molecule has 2 aromatic carbocycles. The largest absolute Gasteiger partial charge is 0.496 e. The maximum Gasteiger partial charge on any atom is 0.313 e. The maximum atomic E-state index is 12.5. The number of carboxylic acid groups (broad SMARTS) is 1. The van der Waals surface area contributed by atoms with Crippen molar-refractivity contribution in [3.05, 3.63) is 60.6 Å². The zero-order valence-corrected chi connectivity index (χ0v) is 20.4. The van der Waals surface area contributed by atoms with Crippen molar-refractivity contribution < 1.29 is 33.4 Å². The molecular weight excluding hydrogens is 466 g/mol. The first-order chi connectivity index (χ1) is 17.2. The number of carbonyl (C=O) groups excluding carboxylic acids is 2. The number of oxazole rings is 1. The van der Waals surface area contributed by atoms with Crippen molar-refractivity contribution in [3.8, 4) is 22.8 Å². The summed E-state index contributed by atoms with van der Waals surface area (Å²) in [6.45, 7) is 3.87. The number of benzene rings is 2. The first kappa shape index (κ1) is 26.3. The summed E-state index contributed by atoms with van der Waals surface area (Å²) in [6.07, 6.45) is 3.75. The van der Waals surface area contributed by atoms with Gasteiger partial charge in [0.05, 0.1) is 25.5 Å². The third-order valence-corrected chi connectivity index (χ3v) is 5.34. The predicted molar refractivity (Wildman–Crippen MR) is 132 cm³/mol. The van der Waals surface area contributed by atoms with Gasteiger partial charge in [0.1, 0.15) is 11.5 Å². The number of hydrogen-bond acceptors (Lipinski definition) is 7. The van der Waals surface area contributed by atoms with E-state index in [2.05, 4.69) is 15.6 Å². The summed E-state index contributed by atoms with van der Waals surface area (Å²) in [5.74, 6) is -0.877. The summed E-state index contributed by atoms with van der Waals surface area (Å²) < 4.78 is 16.4. The number of aliphatic carboxylic acids is 1. The molecule has 0 aliphatic carbocycles. The van der Waals surface area contributed by atoms with Gasteiger partial charge in [-0.15, -0.1) is 0 Å². The second kappa shape index (κ2) is 11.9. The summed E-state index contributed by atoms with van der Waals surface area (Å²) in [4.78, 5) is 39.6. The molecule has 0 radical (unpaired) electrons. The van der Waals surface area contributed by atoms with E-state index in [-0.39, 0.29) is 13.0 Å². The second-order valence-corrected chi connectivity index (χ2v) is 8.71. The molecule has 1 aromatic heterocycles. The fourth-order valence-electron chi connectivity index (χ4n) is 3.40. The number of methoxy groups -OCH3 is 1. The number of hydrogen-bond donors (Lipinski definition) is 3. The summed E-state index contributed by atoms with van der Waals surface area (Å²) in [5.41, 5.74) is 1.19. The van der Waals surface area contributed by atoms with E-state index in [0.717, 1.165) is 5.56 Å².